The van der Waals surface area contributed by atoms with E-state index in [2.05, 4.69) is 25.3 Å². The number of alkyl halides is 3. The van der Waals surface area contributed by atoms with Crippen LogP contribution in [0.15, 0.2) is 61.3 Å². The molecule has 0 fully saturated rings. The number of pyridine rings is 2. The highest BCUT2D eigenvalue weighted by Crippen LogP contribution is 2.39. The van der Waals surface area contributed by atoms with Crippen molar-refractivity contribution in [3.63, 3.8) is 0 Å². The second-order valence-electron chi connectivity index (χ2n) is 7.07. The summed E-state index contributed by atoms with van der Waals surface area (Å²) in [7, 11) is 0. The molecule has 0 aliphatic carbocycles. The van der Waals surface area contributed by atoms with Crippen molar-refractivity contribution in [3.8, 4) is 22.8 Å². The monoisotopic (exact) mass is 484 g/mol. The van der Waals surface area contributed by atoms with Crippen LogP contribution in [0.1, 0.15) is 16.1 Å². The number of amides is 1. The quantitative estimate of drug-likeness (QED) is 0.414. The maximum absolute atomic E-state index is 14.3. The number of fused-ring (bicyclic) bond motifs is 1. The fourth-order valence-corrected chi connectivity index (χ4v) is 3.83. The second kappa shape index (κ2) is 7.92. The molecule has 0 radical (unpaired) electrons. The number of hydrogen-bond donors (Lipinski definition) is 1. The van der Waals surface area contributed by atoms with Crippen LogP contribution in [-0.2, 0) is 6.18 Å². The van der Waals surface area contributed by atoms with E-state index < -0.39 is 23.3 Å². The van der Waals surface area contributed by atoms with E-state index in [4.69, 9.17) is 17.3 Å². The van der Waals surface area contributed by atoms with Crippen LogP contribution in [0.25, 0.3) is 33.5 Å². The molecule has 5 aromatic rings. The summed E-state index contributed by atoms with van der Waals surface area (Å²) in [5, 5.41) is 13.1. The summed E-state index contributed by atoms with van der Waals surface area (Å²) in [4.78, 5) is 21.6. The Balaban J connectivity index is 1.79. The molecule has 1 aromatic carbocycles. The zero-order valence-corrected chi connectivity index (χ0v) is 17.7. The third-order valence-corrected chi connectivity index (χ3v) is 5.26. The maximum Gasteiger partial charge on any atom is 0.434 e. The number of primary amides is 1. The van der Waals surface area contributed by atoms with Gasteiger partial charge in [0.15, 0.2) is 11.5 Å². The van der Waals surface area contributed by atoms with E-state index in [9.17, 15) is 18.0 Å². The van der Waals surface area contributed by atoms with Crippen LogP contribution in [-0.4, -0.2) is 40.6 Å². The number of rotatable bonds is 4. The predicted molar refractivity (Wildman–Crippen MR) is 116 cm³/mol. The fourth-order valence-electron chi connectivity index (χ4n) is 3.59. The molecule has 5 rings (SSSR count). The molecule has 0 saturated heterocycles. The van der Waals surface area contributed by atoms with E-state index >= 15 is 0 Å². The van der Waals surface area contributed by atoms with Gasteiger partial charge in [-0.25, -0.2) is 9.67 Å². The molecule has 0 saturated carbocycles. The zero-order valence-electron chi connectivity index (χ0n) is 16.9. The molecule has 0 aliphatic heterocycles. The van der Waals surface area contributed by atoms with Gasteiger partial charge in [0.05, 0.1) is 34.9 Å². The van der Waals surface area contributed by atoms with Gasteiger partial charge >= 0.3 is 6.18 Å². The van der Waals surface area contributed by atoms with Gasteiger partial charge in [-0.15, -0.1) is 4.80 Å². The van der Waals surface area contributed by atoms with Crippen molar-refractivity contribution in [1.82, 2.24) is 34.7 Å². The highest BCUT2D eigenvalue weighted by molar-refractivity contribution is 6.32. The minimum atomic E-state index is -4.97. The van der Waals surface area contributed by atoms with Crippen LogP contribution < -0.4 is 5.73 Å². The highest BCUT2D eigenvalue weighted by atomic mass is 35.5. The van der Waals surface area contributed by atoms with Gasteiger partial charge in [0.25, 0.3) is 5.91 Å². The molecule has 0 aliphatic rings. The first-order valence-electron chi connectivity index (χ1n) is 9.61. The van der Waals surface area contributed by atoms with Crippen molar-refractivity contribution in [2.75, 3.05) is 0 Å². The number of aromatic nitrogens is 7. The Morgan fingerprint density at radius 3 is 2.47 bits per heavy atom. The molecular formula is C21H12ClF3N8O. The number of nitrogens with two attached hydrogens (primary N) is 1. The van der Waals surface area contributed by atoms with Gasteiger partial charge in [-0.1, -0.05) is 35.9 Å². The normalized spacial score (nSPS) is 11.8. The Bertz CT molecular complexity index is 1540. The number of benzene rings is 1. The molecule has 0 spiro atoms. The van der Waals surface area contributed by atoms with Crippen molar-refractivity contribution >= 4 is 28.3 Å². The molecule has 4 heterocycles. The first kappa shape index (κ1) is 21.5. The SMILES string of the molecule is NC(=O)c1c(-c2cnc(-n3nccn3)c(Cl)c2)nn(-c2cncc3ccccc23)c1C(F)(F)F. The van der Waals surface area contributed by atoms with Gasteiger partial charge in [0, 0.05) is 28.7 Å². The Hall–Kier alpha value is -4.32. The number of carbonyl (C=O) groups excluding carboxylic acids is 1. The lowest BCUT2D eigenvalue weighted by molar-refractivity contribution is -0.143. The van der Waals surface area contributed by atoms with Crippen molar-refractivity contribution in [3.05, 3.63) is 77.6 Å². The standard InChI is InChI=1S/C21H12ClF3N8O/c22-14-7-12(9-28-20(14)33-29-5-6-30-33)17-16(19(26)34)18(21(23,24)25)32(31-17)15-10-27-8-11-3-1-2-4-13(11)15/h1-10H,(H2,26,34). The summed E-state index contributed by atoms with van der Waals surface area (Å²) in [5.41, 5.74) is 3.01. The molecule has 4 aromatic heterocycles. The molecule has 9 nitrogen and oxygen atoms in total. The maximum atomic E-state index is 14.3. The summed E-state index contributed by atoms with van der Waals surface area (Å²) in [6, 6.07) is 8.04. The molecule has 0 unspecified atom stereocenters. The second-order valence-corrected chi connectivity index (χ2v) is 7.48. The summed E-state index contributed by atoms with van der Waals surface area (Å²) in [6.07, 6.45) is 1.81. The minimum Gasteiger partial charge on any atom is -0.365 e. The Kier molecular flexibility index (Phi) is 5.01. The van der Waals surface area contributed by atoms with Crippen LogP contribution in [0.4, 0.5) is 13.2 Å². The van der Waals surface area contributed by atoms with Gasteiger partial charge < -0.3 is 5.73 Å². The first-order valence-corrected chi connectivity index (χ1v) is 9.99. The van der Waals surface area contributed by atoms with E-state index in [0.29, 0.717) is 15.5 Å². The summed E-state index contributed by atoms with van der Waals surface area (Å²) in [6.45, 7) is 0. The Morgan fingerprint density at radius 2 is 1.79 bits per heavy atom. The average molecular weight is 485 g/mol. The smallest absolute Gasteiger partial charge is 0.365 e. The van der Waals surface area contributed by atoms with E-state index in [-0.39, 0.29) is 27.8 Å². The molecule has 2 N–H and O–H groups in total. The van der Waals surface area contributed by atoms with E-state index in [1.54, 1.807) is 24.3 Å². The van der Waals surface area contributed by atoms with Crippen LogP contribution in [0, 0.1) is 0 Å². The van der Waals surface area contributed by atoms with Crippen LogP contribution in [0.2, 0.25) is 5.02 Å². The molecule has 34 heavy (non-hydrogen) atoms. The topological polar surface area (TPSA) is 117 Å². The number of halogens is 4. The van der Waals surface area contributed by atoms with E-state index in [0.717, 1.165) is 4.80 Å². The number of carbonyl (C=O) groups is 1. The van der Waals surface area contributed by atoms with Crippen molar-refractivity contribution in [1.29, 1.82) is 0 Å². The summed E-state index contributed by atoms with van der Waals surface area (Å²) in [5.74, 6) is -1.17. The Labute approximate surface area is 193 Å². The van der Waals surface area contributed by atoms with Crippen molar-refractivity contribution in [2.45, 2.75) is 6.18 Å². The third-order valence-electron chi connectivity index (χ3n) is 4.98. The average Bonchev–Trinajstić information content (AvgIpc) is 3.47. The zero-order chi connectivity index (χ0) is 24.0. The van der Waals surface area contributed by atoms with E-state index in [1.165, 1.54) is 37.1 Å². The van der Waals surface area contributed by atoms with Gasteiger partial charge in [0.1, 0.15) is 5.69 Å². The lowest BCUT2D eigenvalue weighted by Gasteiger charge is -2.13. The van der Waals surface area contributed by atoms with Gasteiger partial charge in [-0.3, -0.25) is 9.78 Å². The molecule has 13 heteroatoms. The lowest BCUT2D eigenvalue weighted by Crippen LogP contribution is -2.21. The highest BCUT2D eigenvalue weighted by Gasteiger charge is 2.43. The van der Waals surface area contributed by atoms with Crippen LogP contribution >= 0.6 is 11.6 Å². The number of nitrogens with zero attached hydrogens (tertiary/aromatic N) is 7. The number of hydrogen-bond acceptors (Lipinski definition) is 6. The largest absolute Gasteiger partial charge is 0.434 e. The Morgan fingerprint density at radius 1 is 1.06 bits per heavy atom. The predicted octanol–water partition coefficient (Wildman–Crippen LogP) is 3.83. The first-order chi connectivity index (χ1) is 16.3. The third kappa shape index (κ3) is 3.53. The molecule has 1 amide bonds. The summed E-state index contributed by atoms with van der Waals surface area (Å²) < 4.78 is 43.4. The van der Waals surface area contributed by atoms with Gasteiger partial charge in [0.2, 0.25) is 0 Å². The van der Waals surface area contributed by atoms with Crippen LogP contribution in [0.5, 0.6) is 0 Å². The van der Waals surface area contributed by atoms with E-state index in [1.807, 2.05) is 0 Å². The van der Waals surface area contributed by atoms with Crippen LogP contribution in [0.3, 0.4) is 0 Å². The van der Waals surface area contributed by atoms with Crippen molar-refractivity contribution in [2.24, 2.45) is 5.73 Å². The lowest BCUT2D eigenvalue weighted by atomic mass is 10.1. The fraction of sp³-hybridized carbons (Fsp3) is 0.0476. The molecule has 0 bridgehead atoms. The van der Waals surface area contributed by atoms with Crippen molar-refractivity contribution < 1.29 is 18.0 Å². The molecular weight excluding hydrogens is 473 g/mol. The van der Waals surface area contributed by atoms with Gasteiger partial charge in [-0.05, 0) is 6.07 Å². The minimum absolute atomic E-state index is 0.0237. The van der Waals surface area contributed by atoms with Gasteiger partial charge in [-0.2, -0.15) is 28.5 Å². The molecule has 0 atom stereocenters. The summed E-state index contributed by atoms with van der Waals surface area (Å²) >= 11 is 6.29. The molecule has 170 valence electrons.